The van der Waals surface area contributed by atoms with Crippen molar-refractivity contribution in [1.29, 1.82) is 0 Å². The van der Waals surface area contributed by atoms with Gasteiger partial charge in [0.25, 0.3) is 0 Å². The van der Waals surface area contributed by atoms with Crippen molar-refractivity contribution in [3.63, 3.8) is 0 Å². The van der Waals surface area contributed by atoms with Crippen molar-refractivity contribution < 1.29 is 9.84 Å². The van der Waals surface area contributed by atoms with E-state index in [1.165, 1.54) is 32.1 Å². The third kappa shape index (κ3) is 5.27. The lowest BCUT2D eigenvalue weighted by Gasteiger charge is -2.08. The first kappa shape index (κ1) is 11.0. The summed E-state index contributed by atoms with van der Waals surface area (Å²) < 4.78 is 5.53. The second kappa shape index (κ2) is 6.39. The molecule has 0 radical (unpaired) electrons. The summed E-state index contributed by atoms with van der Waals surface area (Å²) in [7, 11) is 0. The lowest BCUT2D eigenvalue weighted by molar-refractivity contribution is 0.101. The fraction of sp³-hybridized carbons (Fsp3) is 1.00. The van der Waals surface area contributed by atoms with Gasteiger partial charge in [-0.05, 0) is 32.6 Å². The Kier molecular flexibility index (Phi) is 5.40. The zero-order valence-corrected chi connectivity index (χ0v) is 8.67. The molecule has 1 fully saturated rings. The van der Waals surface area contributed by atoms with Crippen LogP contribution in [-0.4, -0.2) is 23.9 Å². The molecule has 1 aliphatic rings. The molecule has 2 heteroatoms. The Morgan fingerprint density at radius 3 is 2.85 bits per heavy atom. The van der Waals surface area contributed by atoms with E-state index in [2.05, 4.69) is 0 Å². The molecule has 78 valence electrons. The van der Waals surface area contributed by atoms with Gasteiger partial charge < -0.3 is 9.84 Å². The van der Waals surface area contributed by atoms with Crippen LogP contribution in [0.3, 0.4) is 0 Å². The van der Waals surface area contributed by atoms with Crippen LogP contribution >= 0.6 is 0 Å². The number of aliphatic hydroxyl groups is 1. The molecule has 1 heterocycles. The second-order valence-corrected chi connectivity index (χ2v) is 4.12. The van der Waals surface area contributed by atoms with Crippen LogP contribution in [0.15, 0.2) is 0 Å². The first-order valence-corrected chi connectivity index (χ1v) is 5.58. The average molecular weight is 186 g/mol. The monoisotopic (exact) mass is 186 g/mol. The summed E-state index contributed by atoms with van der Waals surface area (Å²) in [6.07, 6.45) is 8.77. The maximum Gasteiger partial charge on any atom is 0.0576 e. The number of hydrogen-bond acceptors (Lipinski definition) is 2. The van der Waals surface area contributed by atoms with E-state index in [0.29, 0.717) is 6.10 Å². The molecule has 0 saturated carbocycles. The third-order valence-corrected chi connectivity index (χ3v) is 2.67. The van der Waals surface area contributed by atoms with E-state index in [9.17, 15) is 0 Å². The molecule has 0 aromatic rings. The van der Waals surface area contributed by atoms with Crippen molar-refractivity contribution in [3.05, 3.63) is 0 Å². The maximum absolute atomic E-state index is 9.04. The number of hydrogen-bond donors (Lipinski definition) is 1. The van der Waals surface area contributed by atoms with Gasteiger partial charge in [-0.15, -0.1) is 0 Å². The predicted octanol–water partition coefficient (Wildman–Crippen LogP) is 2.50. The van der Waals surface area contributed by atoms with Gasteiger partial charge in [0.2, 0.25) is 0 Å². The molecule has 2 atom stereocenters. The molecule has 0 aromatic carbocycles. The summed E-state index contributed by atoms with van der Waals surface area (Å²) in [5, 5.41) is 9.04. The average Bonchev–Trinajstić information content (AvgIpc) is 2.55. The topological polar surface area (TPSA) is 29.5 Å². The zero-order chi connectivity index (χ0) is 9.52. The molecular formula is C11H22O2. The first-order valence-electron chi connectivity index (χ1n) is 5.58. The Morgan fingerprint density at radius 2 is 2.23 bits per heavy atom. The minimum absolute atomic E-state index is 0.122. The van der Waals surface area contributed by atoms with Crippen LogP contribution in [-0.2, 0) is 4.74 Å². The van der Waals surface area contributed by atoms with E-state index < -0.39 is 0 Å². The Morgan fingerprint density at radius 1 is 1.38 bits per heavy atom. The van der Waals surface area contributed by atoms with Crippen molar-refractivity contribution in [2.24, 2.45) is 0 Å². The van der Waals surface area contributed by atoms with Crippen molar-refractivity contribution in [3.8, 4) is 0 Å². The van der Waals surface area contributed by atoms with Crippen LogP contribution in [0.4, 0.5) is 0 Å². The summed E-state index contributed by atoms with van der Waals surface area (Å²) in [6.45, 7) is 2.83. The van der Waals surface area contributed by atoms with E-state index in [4.69, 9.17) is 9.84 Å². The van der Waals surface area contributed by atoms with Crippen LogP contribution in [0.5, 0.6) is 0 Å². The summed E-state index contributed by atoms with van der Waals surface area (Å²) >= 11 is 0. The Bertz CT molecular complexity index is 117. The molecule has 2 unspecified atom stereocenters. The van der Waals surface area contributed by atoms with E-state index in [-0.39, 0.29) is 6.10 Å². The van der Waals surface area contributed by atoms with Gasteiger partial charge in [0.15, 0.2) is 0 Å². The third-order valence-electron chi connectivity index (χ3n) is 2.67. The number of rotatable bonds is 6. The number of ether oxygens (including phenoxy) is 1. The van der Waals surface area contributed by atoms with Gasteiger partial charge in [0.05, 0.1) is 12.2 Å². The molecule has 2 nitrogen and oxygen atoms in total. The molecule has 1 N–H and O–H groups in total. The van der Waals surface area contributed by atoms with Crippen molar-refractivity contribution >= 4 is 0 Å². The molecule has 1 aliphatic heterocycles. The summed E-state index contributed by atoms with van der Waals surface area (Å²) in [5.41, 5.74) is 0. The second-order valence-electron chi connectivity index (χ2n) is 4.12. The standard InChI is InChI=1S/C11H22O2/c1-10(12)6-3-2-4-7-11-8-5-9-13-11/h10-12H,2-9H2,1H3. The first-order chi connectivity index (χ1) is 6.29. The van der Waals surface area contributed by atoms with E-state index >= 15 is 0 Å². The van der Waals surface area contributed by atoms with E-state index in [0.717, 1.165) is 19.4 Å². The SMILES string of the molecule is CC(O)CCCCCC1CCCO1. The van der Waals surface area contributed by atoms with Crippen LogP contribution < -0.4 is 0 Å². The van der Waals surface area contributed by atoms with Crippen molar-refractivity contribution in [1.82, 2.24) is 0 Å². The van der Waals surface area contributed by atoms with Gasteiger partial charge in [-0.3, -0.25) is 0 Å². The molecule has 0 aliphatic carbocycles. The van der Waals surface area contributed by atoms with Gasteiger partial charge in [0.1, 0.15) is 0 Å². The normalized spacial score (nSPS) is 24.9. The molecule has 0 amide bonds. The predicted molar refractivity (Wildman–Crippen MR) is 53.7 cm³/mol. The van der Waals surface area contributed by atoms with Crippen LogP contribution in [0.2, 0.25) is 0 Å². The van der Waals surface area contributed by atoms with Crippen molar-refractivity contribution in [2.75, 3.05) is 6.61 Å². The van der Waals surface area contributed by atoms with Gasteiger partial charge >= 0.3 is 0 Å². The molecule has 1 rings (SSSR count). The Balaban J connectivity index is 1.83. The van der Waals surface area contributed by atoms with Crippen LogP contribution in [0.1, 0.15) is 51.9 Å². The Hall–Kier alpha value is -0.0800. The highest BCUT2D eigenvalue weighted by Crippen LogP contribution is 2.18. The largest absolute Gasteiger partial charge is 0.393 e. The van der Waals surface area contributed by atoms with Gasteiger partial charge in [-0.2, -0.15) is 0 Å². The van der Waals surface area contributed by atoms with Crippen LogP contribution in [0.25, 0.3) is 0 Å². The zero-order valence-electron chi connectivity index (χ0n) is 8.67. The van der Waals surface area contributed by atoms with E-state index in [1.54, 1.807) is 0 Å². The summed E-state index contributed by atoms with van der Waals surface area (Å²) in [5.74, 6) is 0. The molecular weight excluding hydrogens is 164 g/mol. The maximum atomic E-state index is 9.04. The summed E-state index contributed by atoms with van der Waals surface area (Å²) in [4.78, 5) is 0. The quantitative estimate of drug-likeness (QED) is 0.646. The van der Waals surface area contributed by atoms with Gasteiger partial charge in [-0.25, -0.2) is 0 Å². The lowest BCUT2D eigenvalue weighted by Crippen LogP contribution is -2.04. The highest BCUT2D eigenvalue weighted by atomic mass is 16.5. The minimum Gasteiger partial charge on any atom is -0.393 e. The number of unbranched alkanes of at least 4 members (excludes halogenated alkanes) is 2. The summed E-state index contributed by atoms with van der Waals surface area (Å²) in [6, 6.07) is 0. The smallest absolute Gasteiger partial charge is 0.0576 e. The van der Waals surface area contributed by atoms with Crippen LogP contribution in [0, 0.1) is 0 Å². The molecule has 13 heavy (non-hydrogen) atoms. The highest BCUT2D eigenvalue weighted by molar-refractivity contribution is 4.64. The van der Waals surface area contributed by atoms with Crippen molar-refractivity contribution in [2.45, 2.75) is 64.1 Å². The molecule has 0 aromatic heterocycles. The minimum atomic E-state index is -0.122. The Labute approximate surface area is 81.3 Å². The van der Waals surface area contributed by atoms with Gasteiger partial charge in [-0.1, -0.05) is 19.3 Å². The van der Waals surface area contributed by atoms with Gasteiger partial charge in [0, 0.05) is 6.61 Å². The lowest BCUT2D eigenvalue weighted by atomic mass is 10.1. The number of aliphatic hydroxyl groups excluding tert-OH is 1. The molecule has 0 spiro atoms. The molecule has 1 saturated heterocycles. The fourth-order valence-electron chi connectivity index (χ4n) is 1.86. The highest BCUT2D eigenvalue weighted by Gasteiger charge is 2.14. The molecule has 0 bridgehead atoms. The fourth-order valence-corrected chi connectivity index (χ4v) is 1.86. The van der Waals surface area contributed by atoms with E-state index in [1.807, 2.05) is 6.92 Å².